The number of phenolic OH excluding ortho intramolecular Hbond substituents is 1. The first kappa shape index (κ1) is 11.2. The van der Waals surface area contributed by atoms with Crippen LogP contribution in [0.15, 0.2) is 40.9 Å². The number of hydrogen-bond acceptors (Lipinski definition) is 3. The average molecular weight is 303 g/mol. The van der Waals surface area contributed by atoms with Crippen LogP contribution in [0.1, 0.15) is 20.7 Å². The summed E-state index contributed by atoms with van der Waals surface area (Å²) in [5.41, 5.74) is 1.97. The van der Waals surface area contributed by atoms with Crippen LogP contribution < -0.4 is 0 Å². The van der Waals surface area contributed by atoms with E-state index in [-0.39, 0.29) is 5.75 Å². The number of phenols is 1. The van der Waals surface area contributed by atoms with Gasteiger partial charge in [-0.05, 0) is 47.5 Å². The third-order valence-corrected chi connectivity index (χ3v) is 3.46. The maximum atomic E-state index is 11.9. The Labute approximate surface area is 111 Å². The molecule has 0 radical (unpaired) electrons. The lowest BCUT2D eigenvalue weighted by molar-refractivity contribution is 0.0815. The van der Waals surface area contributed by atoms with Gasteiger partial charge in [0.25, 0.3) is 0 Å². The molecule has 0 atom stereocenters. The third kappa shape index (κ3) is 1.49. The predicted molar refractivity (Wildman–Crippen MR) is 69.9 cm³/mol. The first-order chi connectivity index (χ1) is 8.58. The minimum absolute atomic E-state index is 0.0711. The molecule has 0 bridgehead atoms. The topological polar surface area (TPSA) is 54.4 Å². The van der Waals surface area contributed by atoms with E-state index in [4.69, 9.17) is 0 Å². The van der Waals surface area contributed by atoms with E-state index >= 15 is 0 Å². The largest absolute Gasteiger partial charge is 0.508 e. The average Bonchev–Trinajstić information content (AvgIpc) is 2.36. The second kappa shape index (κ2) is 3.78. The second-order valence-corrected chi connectivity index (χ2v) is 4.99. The third-order valence-electron chi connectivity index (χ3n) is 2.97. The number of aromatic hydroxyl groups is 1. The number of benzene rings is 2. The number of ketones is 2. The lowest BCUT2D eigenvalue weighted by atomic mass is 9.84. The van der Waals surface area contributed by atoms with Crippen molar-refractivity contribution >= 4 is 27.5 Å². The van der Waals surface area contributed by atoms with E-state index in [0.29, 0.717) is 22.3 Å². The molecule has 4 heteroatoms. The number of carbonyl (C=O) groups excluding carboxylic acids is 2. The van der Waals surface area contributed by atoms with Crippen molar-refractivity contribution in [3.05, 3.63) is 52.0 Å². The van der Waals surface area contributed by atoms with Gasteiger partial charge in [0, 0.05) is 15.6 Å². The van der Waals surface area contributed by atoms with Gasteiger partial charge in [0.05, 0.1) is 0 Å². The van der Waals surface area contributed by atoms with Gasteiger partial charge in [-0.1, -0.05) is 15.9 Å². The summed E-state index contributed by atoms with van der Waals surface area (Å²) < 4.78 is 0.817. The van der Waals surface area contributed by atoms with Crippen LogP contribution in [0.3, 0.4) is 0 Å². The van der Waals surface area contributed by atoms with Crippen molar-refractivity contribution < 1.29 is 14.7 Å². The van der Waals surface area contributed by atoms with Crippen LogP contribution in [0.25, 0.3) is 11.1 Å². The molecule has 18 heavy (non-hydrogen) atoms. The summed E-state index contributed by atoms with van der Waals surface area (Å²) in [6.45, 7) is 0. The summed E-state index contributed by atoms with van der Waals surface area (Å²) in [5, 5.41) is 9.53. The normalized spacial score (nSPS) is 13.2. The molecule has 0 spiro atoms. The molecular weight excluding hydrogens is 296 g/mol. The van der Waals surface area contributed by atoms with Crippen molar-refractivity contribution in [2.75, 3.05) is 0 Å². The molecule has 2 aromatic rings. The number of rotatable bonds is 0. The van der Waals surface area contributed by atoms with Gasteiger partial charge in [-0.15, -0.1) is 0 Å². The molecule has 2 aromatic carbocycles. The van der Waals surface area contributed by atoms with Crippen molar-refractivity contribution in [1.82, 2.24) is 0 Å². The van der Waals surface area contributed by atoms with Crippen LogP contribution in [-0.4, -0.2) is 16.7 Å². The summed E-state index contributed by atoms with van der Waals surface area (Å²) in [6.07, 6.45) is 0. The van der Waals surface area contributed by atoms with Crippen LogP contribution in [0.2, 0.25) is 0 Å². The molecule has 0 aliphatic heterocycles. The minimum atomic E-state index is -0.528. The van der Waals surface area contributed by atoms with Gasteiger partial charge in [-0.2, -0.15) is 0 Å². The number of fused-ring (bicyclic) bond motifs is 3. The number of halogens is 1. The quantitative estimate of drug-likeness (QED) is 0.760. The van der Waals surface area contributed by atoms with E-state index in [1.54, 1.807) is 18.2 Å². The molecule has 3 rings (SSSR count). The maximum absolute atomic E-state index is 11.9. The monoisotopic (exact) mass is 302 g/mol. The molecule has 0 heterocycles. The molecule has 0 saturated carbocycles. The Balaban J connectivity index is 2.40. The Morgan fingerprint density at radius 3 is 2.00 bits per heavy atom. The van der Waals surface area contributed by atoms with E-state index in [9.17, 15) is 14.7 Å². The Kier molecular flexibility index (Phi) is 2.35. The molecule has 0 saturated heterocycles. The van der Waals surface area contributed by atoms with Gasteiger partial charge >= 0.3 is 0 Å². The maximum Gasteiger partial charge on any atom is 0.234 e. The fraction of sp³-hybridized carbons (Fsp3) is 0. The van der Waals surface area contributed by atoms with Crippen LogP contribution in [-0.2, 0) is 0 Å². The van der Waals surface area contributed by atoms with Gasteiger partial charge in [-0.3, -0.25) is 9.59 Å². The van der Waals surface area contributed by atoms with Crippen molar-refractivity contribution in [2.24, 2.45) is 0 Å². The highest BCUT2D eigenvalue weighted by Gasteiger charge is 2.30. The lowest BCUT2D eigenvalue weighted by Gasteiger charge is -2.18. The molecule has 3 nitrogen and oxygen atoms in total. The zero-order valence-electron chi connectivity index (χ0n) is 9.11. The van der Waals surface area contributed by atoms with Crippen molar-refractivity contribution in [3.8, 4) is 16.9 Å². The molecule has 1 aliphatic carbocycles. The van der Waals surface area contributed by atoms with Gasteiger partial charge in [0.2, 0.25) is 11.6 Å². The van der Waals surface area contributed by atoms with Crippen molar-refractivity contribution in [2.45, 2.75) is 0 Å². The SMILES string of the molecule is O=C1C(=O)c2ccc(Br)cc2-c2cc(O)ccc21. The summed E-state index contributed by atoms with van der Waals surface area (Å²) >= 11 is 3.34. The highest BCUT2D eigenvalue weighted by Crippen LogP contribution is 2.36. The smallest absolute Gasteiger partial charge is 0.234 e. The fourth-order valence-electron chi connectivity index (χ4n) is 2.14. The zero-order chi connectivity index (χ0) is 12.9. The fourth-order valence-corrected chi connectivity index (χ4v) is 2.50. The first-order valence-corrected chi connectivity index (χ1v) is 6.09. The standard InChI is InChI=1S/C14H7BrO3/c15-7-1-3-9-11(5-7)12-6-8(16)2-4-10(12)14(18)13(9)17/h1-6,16H. The minimum Gasteiger partial charge on any atom is -0.508 e. The first-order valence-electron chi connectivity index (χ1n) is 5.30. The van der Waals surface area contributed by atoms with E-state index in [0.717, 1.165) is 4.47 Å². The summed E-state index contributed by atoms with van der Waals surface area (Å²) in [4.78, 5) is 23.9. The van der Waals surface area contributed by atoms with Crippen molar-refractivity contribution in [3.63, 3.8) is 0 Å². The van der Waals surface area contributed by atoms with Crippen molar-refractivity contribution in [1.29, 1.82) is 0 Å². The molecule has 0 aromatic heterocycles. The molecule has 0 fully saturated rings. The highest BCUT2D eigenvalue weighted by atomic mass is 79.9. The van der Waals surface area contributed by atoms with Crippen LogP contribution in [0, 0.1) is 0 Å². The summed E-state index contributed by atoms with van der Waals surface area (Å²) in [6, 6.07) is 9.51. The summed E-state index contributed by atoms with van der Waals surface area (Å²) in [5.74, 6) is -0.961. The Hall–Kier alpha value is -1.94. The van der Waals surface area contributed by atoms with Crippen LogP contribution in [0.5, 0.6) is 5.75 Å². The second-order valence-electron chi connectivity index (χ2n) is 4.08. The molecule has 1 aliphatic rings. The molecule has 0 unspecified atom stereocenters. The zero-order valence-corrected chi connectivity index (χ0v) is 10.7. The molecule has 0 amide bonds. The highest BCUT2D eigenvalue weighted by molar-refractivity contribution is 9.10. The van der Waals surface area contributed by atoms with E-state index in [2.05, 4.69) is 15.9 Å². The van der Waals surface area contributed by atoms with E-state index in [1.165, 1.54) is 18.2 Å². The van der Waals surface area contributed by atoms with Gasteiger partial charge in [0.15, 0.2) is 0 Å². The Morgan fingerprint density at radius 1 is 0.778 bits per heavy atom. The van der Waals surface area contributed by atoms with E-state index in [1.807, 2.05) is 0 Å². The molecule has 1 N–H and O–H groups in total. The van der Waals surface area contributed by atoms with E-state index < -0.39 is 11.6 Å². The molecule has 88 valence electrons. The van der Waals surface area contributed by atoms with Crippen LogP contribution in [0.4, 0.5) is 0 Å². The Morgan fingerprint density at radius 2 is 1.33 bits per heavy atom. The van der Waals surface area contributed by atoms with Gasteiger partial charge in [-0.25, -0.2) is 0 Å². The van der Waals surface area contributed by atoms with Crippen LogP contribution >= 0.6 is 15.9 Å². The lowest BCUT2D eigenvalue weighted by Crippen LogP contribution is -2.21. The summed E-state index contributed by atoms with van der Waals surface area (Å²) in [7, 11) is 0. The number of hydrogen-bond donors (Lipinski definition) is 1. The van der Waals surface area contributed by atoms with Gasteiger partial charge in [0.1, 0.15) is 5.75 Å². The predicted octanol–water partition coefficient (Wildman–Crippen LogP) is 3.20. The molecular formula is C14H7BrO3. The van der Waals surface area contributed by atoms with Gasteiger partial charge < -0.3 is 5.11 Å². The Bertz CT molecular complexity index is 643. The number of Topliss-reactive ketones (excluding diaryl/α,β-unsaturated/α-hetero) is 2. The number of carbonyl (C=O) groups is 2.